The van der Waals surface area contributed by atoms with Crippen molar-refractivity contribution in [2.45, 2.75) is 57.0 Å². The van der Waals surface area contributed by atoms with E-state index in [0.29, 0.717) is 38.2 Å². The molecule has 2 saturated heterocycles. The fourth-order valence-corrected chi connectivity index (χ4v) is 5.37. The van der Waals surface area contributed by atoms with E-state index >= 15 is 0 Å². The number of aliphatic hydroxyl groups is 1. The van der Waals surface area contributed by atoms with Crippen molar-refractivity contribution in [1.29, 1.82) is 0 Å². The second-order valence-corrected chi connectivity index (χ2v) is 9.98. The molecule has 3 aliphatic rings. The van der Waals surface area contributed by atoms with Crippen LogP contribution in [0.3, 0.4) is 0 Å². The van der Waals surface area contributed by atoms with Gasteiger partial charge in [0, 0.05) is 44.4 Å². The summed E-state index contributed by atoms with van der Waals surface area (Å²) in [6, 6.07) is 4.93. The Hall–Kier alpha value is -2.53. The van der Waals surface area contributed by atoms with E-state index in [4.69, 9.17) is 4.74 Å². The number of methoxy groups -OCH3 is 1. The predicted octanol–water partition coefficient (Wildman–Crippen LogP) is 2.79. The number of halogens is 3. The molecule has 0 aromatic heterocycles. The van der Waals surface area contributed by atoms with E-state index in [-0.39, 0.29) is 36.1 Å². The molecule has 11 heteroatoms. The molecule has 3 fully saturated rings. The van der Waals surface area contributed by atoms with Gasteiger partial charge in [0.25, 0.3) is 0 Å². The molecule has 1 unspecified atom stereocenters. The van der Waals surface area contributed by atoms with Crippen LogP contribution in [0.5, 0.6) is 5.75 Å². The molecule has 2 atom stereocenters. The van der Waals surface area contributed by atoms with Crippen molar-refractivity contribution in [3.8, 4) is 5.75 Å². The first-order valence-electron chi connectivity index (χ1n) is 12.5. The van der Waals surface area contributed by atoms with Gasteiger partial charge >= 0.3 is 12.3 Å². The Morgan fingerprint density at radius 3 is 2.64 bits per heavy atom. The van der Waals surface area contributed by atoms with Crippen LogP contribution >= 0.6 is 0 Å². The van der Waals surface area contributed by atoms with Crippen LogP contribution in [-0.4, -0.2) is 91.7 Å². The molecule has 8 nitrogen and oxygen atoms in total. The lowest BCUT2D eigenvalue weighted by molar-refractivity contribution is -0.274. The molecule has 2 heterocycles. The highest BCUT2D eigenvalue weighted by atomic mass is 19.4. The van der Waals surface area contributed by atoms with Gasteiger partial charge < -0.3 is 29.3 Å². The number of carbonyl (C=O) groups excluding carboxylic acids is 2. The first-order valence-corrected chi connectivity index (χ1v) is 12.5. The summed E-state index contributed by atoms with van der Waals surface area (Å²) >= 11 is 0. The number of aliphatic hydroxyl groups excluding tert-OH is 1. The second kappa shape index (κ2) is 10.8. The van der Waals surface area contributed by atoms with E-state index in [0.717, 1.165) is 32.4 Å². The fraction of sp³-hybridized carbons (Fsp3) is 0.680. The van der Waals surface area contributed by atoms with Crippen LogP contribution in [0, 0.1) is 5.41 Å². The molecule has 1 amide bonds. The summed E-state index contributed by atoms with van der Waals surface area (Å²) in [5.74, 6) is -0.997. The largest absolute Gasteiger partial charge is 0.573 e. The van der Waals surface area contributed by atoms with Crippen molar-refractivity contribution < 1.29 is 37.3 Å². The van der Waals surface area contributed by atoms with Crippen molar-refractivity contribution in [3.63, 3.8) is 0 Å². The Bertz CT molecular complexity index is 940. The van der Waals surface area contributed by atoms with Crippen molar-refractivity contribution >= 4 is 17.6 Å². The molecule has 36 heavy (non-hydrogen) atoms. The molecule has 1 N–H and O–H groups in total. The average Bonchev–Trinajstić information content (AvgIpc) is 3.63. The first-order chi connectivity index (χ1) is 17.1. The highest BCUT2D eigenvalue weighted by Crippen LogP contribution is 2.53. The van der Waals surface area contributed by atoms with E-state index in [1.165, 1.54) is 30.2 Å². The van der Waals surface area contributed by atoms with Crippen molar-refractivity contribution in [2.24, 2.45) is 5.41 Å². The molecular weight excluding hydrogens is 479 g/mol. The number of alkyl halides is 3. The highest BCUT2D eigenvalue weighted by Gasteiger charge is 2.51. The molecule has 1 aromatic rings. The fourth-order valence-electron chi connectivity index (χ4n) is 5.37. The molecule has 0 bridgehead atoms. The SMILES string of the molecule is COC(=O)C(CCCN1CCC2(CC2)[C@H](O)C1)N1CCN(c2cccc(OC(F)(F)F)c2)CCC1=O. The summed E-state index contributed by atoms with van der Waals surface area (Å²) in [4.78, 5) is 31.2. The number of anilines is 1. The monoisotopic (exact) mass is 513 g/mol. The summed E-state index contributed by atoms with van der Waals surface area (Å²) in [5.41, 5.74) is 0.645. The third-order valence-electron chi connectivity index (χ3n) is 7.70. The molecule has 1 spiro atoms. The zero-order valence-corrected chi connectivity index (χ0v) is 20.5. The number of hydrogen-bond donors (Lipinski definition) is 1. The number of carbonyl (C=O) groups is 2. The number of nitrogens with zero attached hydrogens (tertiary/aromatic N) is 3. The molecule has 1 aromatic carbocycles. The minimum Gasteiger partial charge on any atom is -0.467 e. The Balaban J connectivity index is 1.35. The maximum atomic E-state index is 13.0. The Kier molecular flexibility index (Phi) is 7.99. The van der Waals surface area contributed by atoms with Gasteiger partial charge in [-0.3, -0.25) is 4.79 Å². The number of amides is 1. The lowest BCUT2D eigenvalue weighted by Crippen LogP contribution is -2.48. The lowest BCUT2D eigenvalue weighted by atomic mass is 9.90. The standard InChI is InChI=1S/C25H34F3N3O5/c1-35-23(34)20(6-3-11-29-13-10-24(8-9-24)21(32)17-29)31-15-14-30(12-7-22(31)33)18-4-2-5-19(16-18)36-25(26,27)28/h2,4-5,16,20-21,32H,3,6-15,17H2,1H3/t20?,21-/m1/s1. The number of likely N-dealkylation sites (tertiary alicyclic amines) is 1. The number of rotatable bonds is 8. The van der Waals surface area contributed by atoms with E-state index in [1.807, 2.05) is 4.90 Å². The van der Waals surface area contributed by atoms with Crippen molar-refractivity contribution in [2.75, 3.05) is 51.3 Å². The number of piperidine rings is 1. The molecule has 0 radical (unpaired) electrons. The van der Waals surface area contributed by atoms with Crippen LogP contribution in [0.2, 0.25) is 0 Å². The molecule has 2 aliphatic heterocycles. The minimum absolute atomic E-state index is 0.123. The van der Waals surface area contributed by atoms with Gasteiger partial charge in [-0.05, 0) is 62.7 Å². The normalized spacial score (nSPS) is 23.4. The Morgan fingerprint density at radius 2 is 1.97 bits per heavy atom. The summed E-state index contributed by atoms with van der Waals surface area (Å²) in [5, 5.41) is 10.4. The van der Waals surface area contributed by atoms with Gasteiger partial charge in [0.1, 0.15) is 11.8 Å². The smallest absolute Gasteiger partial charge is 0.467 e. The summed E-state index contributed by atoms with van der Waals surface area (Å²) in [7, 11) is 1.30. The summed E-state index contributed by atoms with van der Waals surface area (Å²) in [6.45, 7) is 3.20. The Morgan fingerprint density at radius 1 is 1.19 bits per heavy atom. The lowest BCUT2D eigenvalue weighted by Gasteiger charge is -2.36. The molecule has 1 aliphatic carbocycles. The van der Waals surface area contributed by atoms with Crippen LogP contribution < -0.4 is 9.64 Å². The van der Waals surface area contributed by atoms with Crippen LogP contribution in [0.25, 0.3) is 0 Å². The van der Waals surface area contributed by atoms with Crippen molar-refractivity contribution in [1.82, 2.24) is 9.80 Å². The molecule has 1 saturated carbocycles. The molecule has 4 rings (SSSR count). The molecule has 200 valence electrons. The summed E-state index contributed by atoms with van der Waals surface area (Å²) < 4.78 is 46.9. The number of benzene rings is 1. The first kappa shape index (κ1) is 26.5. The number of β-amino-alcohol motifs (C(OH)–C–C–N with tert-alkyl or cyclic N) is 1. The van der Waals surface area contributed by atoms with Gasteiger partial charge in [0.2, 0.25) is 5.91 Å². The maximum absolute atomic E-state index is 13.0. The minimum atomic E-state index is -4.79. The number of hydrogen-bond acceptors (Lipinski definition) is 7. The van der Waals surface area contributed by atoms with Crippen molar-refractivity contribution in [3.05, 3.63) is 24.3 Å². The maximum Gasteiger partial charge on any atom is 0.573 e. The predicted molar refractivity (Wildman–Crippen MR) is 125 cm³/mol. The van der Waals surface area contributed by atoms with Gasteiger partial charge in [0.15, 0.2) is 0 Å². The zero-order chi connectivity index (χ0) is 25.9. The number of ether oxygens (including phenoxy) is 2. The third kappa shape index (κ3) is 6.42. The van der Waals surface area contributed by atoms with Gasteiger partial charge in [0.05, 0.1) is 13.2 Å². The summed E-state index contributed by atoms with van der Waals surface area (Å²) in [6.07, 6.45) is -0.679. The number of esters is 1. The van der Waals surface area contributed by atoms with Crippen LogP contribution in [0.15, 0.2) is 24.3 Å². The topological polar surface area (TPSA) is 82.6 Å². The van der Waals surface area contributed by atoms with Gasteiger partial charge in [-0.1, -0.05) is 6.07 Å². The van der Waals surface area contributed by atoms with Gasteiger partial charge in [-0.2, -0.15) is 0 Å². The quantitative estimate of drug-likeness (QED) is 0.536. The van der Waals surface area contributed by atoms with Gasteiger partial charge in [-0.15, -0.1) is 13.2 Å². The average molecular weight is 514 g/mol. The highest BCUT2D eigenvalue weighted by molar-refractivity contribution is 5.85. The van der Waals surface area contributed by atoms with E-state index in [9.17, 15) is 27.9 Å². The van der Waals surface area contributed by atoms with E-state index < -0.39 is 18.4 Å². The second-order valence-electron chi connectivity index (χ2n) is 9.98. The Labute approximate surface area is 208 Å². The van der Waals surface area contributed by atoms with E-state index in [1.54, 1.807) is 6.07 Å². The third-order valence-corrected chi connectivity index (χ3v) is 7.70. The zero-order valence-electron chi connectivity index (χ0n) is 20.5. The molecular formula is C25H34F3N3O5. The van der Waals surface area contributed by atoms with Crippen LogP contribution in [0.1, 0.15) is 38.5 Å². The van der Waals surface area contributed by atoms with Gasteiger partial charge in [-0.25, -0.2) is 4.79 Å². The van der Waals surface area contributed by atoms with E-state index in [2.05, 4.69) is 9.64 Å². The van der Waals surface area contributed by atoms with Crippen LogP contribution in [0.4, 0.5) is 18.9 Å². The van der Waals surface area contributed by atoms with Crippen LogP contribution in [-0.2, 0) is 14.3 Å².